The van der Waals surface area contributed by atoms with E-state index in [1.54, 1.807) is 9.13 Å². The first kappa shape index (κ1) is 15.6. The molecule has 1 heterocycles. The molecule has 2 aromatic rings. The smallest absolute Gasteiger partial charge is 0.312 e. The number of hydrogen-bond acceptors (Lipinski definition) is 2. The molecular formula is C17H25N3O. The Kier molecular flexibility index (Phi) is 5.02. The second-order valence-electron chi connectivity index (χ2n) is 5.69. The lowest BCUT2D eigenvalue weighted by atomic mass is 10.0. The van der Waals surface area contributed by atoms with Crippen LogP contribution in [0.5, 0.6) is 0 Å². The first-order valence-corrected chi connectivity index (χ1v) is 7.56. The molecular weight excluding hydrogens is 262 g/mol. The van der Waals surface area contributed by atoms with E-state index in [4.69, 9.17) is 0 Å². The number of nitrogens with one attached hydrogen (secondary N) is 1. The van der Waals surface area contributed by atoms with Gasteiger partial charge in [-0.05, 0) is 32.9 Å². The van der Waals surface area contributed by atoms with E-state index >= 15 is 0 Å². The molecule has 0 aliphatic rings. The van der Waals surface area contributed by atoms with Crippen molar-refractivity contribution in [3.05, 3.63) is 57.8 Å². The standard InChI is InChI=1S/C17H25N3O/c1-5-6-19-7-8-20(17(19)21)12-16(18-4)15-10-13(2)9-14(3)11-15/h7-11,16,18H,5-6,12H2,1-4H3. The first-order valence-electron chi connectivity index (χ1n) is 7.56. The third-order valence-corrected chi connectivity index (χ3v) is 3.76. The summed E-state index contributed by atoms with van der Waals surface area (Å²) in [7, 11) is 1.94. The molecule has 0 aliphatic heterocycles. The largest absolute Gasteiger partial charge is 0.328 e. The molecule has 0 spiro atoms. The van der Waals surface area contributed by atoms with E-state index in [-0.39, 0.29) is 11.7 Å². The molecule has 0 radical (unpaired) electrons. The number of aryl methyl sites for hydroxylation is 3. The molecule has 0 saturated carbocycles. The molecule has 21 heavy (non-hydrogen) atoms. The third-order valence-electron chi connectivity index (χ3n) is 3.76. The van der Waals surface area contributed by atoms with Gasteiger partial charge in [0.05, 0.1) is 6.04 Å². The van der Waals surface area contributed by atoms with Crippen molar-refractivity contribution in [3.8, 4) is 0 Å². The molecule has 0 bridgehead atoms. The zero-order chi connectivity index (χ0) is 15.4. The van der Waals surface area contributed by atoms with E-state index in [1.807, 2.05) is 19.4 Å². The van der Waals surface area contributed by atoms with Crippen LogP contribution >= 0.6 is 0 Å². The van der Waals surface area contributed by atoms with E-state index in [0.717, 1.165) is 13.0 Å². The van der Waals surface area contributed by atoms with E-state index in [9.17, 15) is 4.79 Å². The van der Waals surface area contributed by atoms with Gasteiger partial charge in [0.2, 0.25) is 0 Å². The van der Waals surface area contributed by atoms with Crippen molar-refractivity contribution < 1.29 is 0 Å². The highest BCUT2D eigenvalue weighted by Gasteiger charge is 2.13. The van der Waals surface area contributed by atoms with Crippen LogP contribution in [-0.4, -0.2) is 16.2 Å². The lowest BCUT2D eigenvalue weighted by Crippen LogP contribution is -2.30. The second-order valence-corrected chi connectivity index (χ2v) is 5.69. The van der Waals surface area contributed by atoms with Crippen molar-refractivity contribution in [1.82, 2.24) is 14.5 Å². The molecule has 1 atom stereocenters. The van der Waals surface area contributed by atoms with E-state index in [1.165, 1.54) is 16.7 Å². The number of hydrogen-bond donors (Lipinski definition) is 1. The lowest BCUT2D eigenvalue weighted by molar-refractivity contribution is 0.482. The number of rotatable bonds is 6. The summed E-state index contributed by atoms with van der Waals surface area (Å²) in [5.41, 5.74) is 3.80. The molecule has 0 amide bonds. The second kappa shape index (κ2) is 6.76. The van der Waals surface area contributed by atoms with Gasteiger partial charge >= 0.3 is 5.69 Å². The highest BCUT2D eigenvalue weighted by molar-refractivity contribution is 5.30. The van der Waals surface area contributed by atoms with Crippen LogP contribution in [0.4, 0.5) is 0 Å². The van der Waals surface area contributed by atoms with Crippen LogP contribution in [-0.2, 0) is 13.1 Å². The van der Waals surface area contributed by atoms with Crippen LogP contribution in [0, 0.1) is 13.8 Å². The van der Waals surface area contributed by atoms with E-state index < -0.39 is 0 Å². The summed E-state index contributed by atoms with van der Waals surface area (Å²) in [5, 5.41) is 3.32. The molecule has 1 N–H and O–H groups in total. The van der Waals surface area contributed by atoms with E-state index in [0.29, 0.717) is 6.54 Å². The zero-order valence-electron chi connectivity index (χ0n) is 13.4. The normalized spacial score (nSPS) is 12.6. The maximum absolute atomic E-state index is 12.3. The number of nitrogens with zero attached hydrogens (tertiary/aromatic N) is 2. The summed E-state index contributed by atoms with van der Waals surface area (Å²) >= 11 is 0. The number of aromatic nitrogens is 2. The Morgan fingerprint density at radius 2 is 1.71 bits per heavy atom. The quantitative estimate of drug-likeness (QED) is 0.887. The van der Waals surface area contributed by atoms with Crippen molar-refractivity contribution in [3.63, 3.8) is 0 Å². The van der Waals surface area contributed by atoms with Gasteiger partial charge in [0.25, 0.3) is 0 Å². The maximum Gasteiger partial charge on any atom is 0.328 e. The molecule has 4 heteroatoms. The summed E-state index contributed by atoms with van der Waals surface area (Å²) in [6.45, 7) is 7.71. The fourth-order valence-corrected chi connectivity index (χ4v) is 2.77. The van der Waals surface area contributed by atoms with Crippen molar-refractivity contribution >= 4 is 0 Å². The summed E-state index contributed by atoms with van der Waals surface area (Å²) in [6, 6.07) is 6.67. The molecule has 0 saturated heterocycles. The predicted molar refractivity (Wildman–Crippen MR) is 86.7 cm³/mol. The third kappa shape index (κ3) is 3.64. The van der Waals surface area contributed by atoms with Crippen LogP contribution < -0.4 is 11.0 Å². The topological polar surface area (TPSA) is 39.0 Å². The van der Waals surface area contributed by atoms with Crippen LogP contribution in [0.3, 0.4) is 0 Å². The SMILES string of the molecule is CCCn1ccn(CC(NC)c2cc(C)cc(C)c2)c1=O. The summed E-state index contributed by atoms with van der Waals surface area (Å²) in [6.07, 6.45) is 4.72. The Morgan fingerprint density at radius 3 is 2.29 bits per heavy atom. The number of likely N-dealkylation sites (N-methyl/N-ethyl adjacent to an activating group) is 1. The summed E-state index contributed by atoms with van der Waals surface area (Å²) in [4.78, 5) is 12.3. The average Bonchev–Trinajstić information content (AvgIpc) is 2.76. The predicted octanol–water partition coefficient (Wildman–Crippen LogP) is 2.64. The molecule has 1 aromatic carbocycles. The van der Waals surface area contributed by atoms with Crippen molar-refractivity contribution in [1.29, 1.82) is 0 Å². The monoisotopic (exact) mass is 287 g/mol. The van der Waals surface area contributed by atoms with Gasteiger partial charge in [0.15, 0.2) is 0 Å². The highest BCUT2D eigenvalue weighted by atomic mass is 16.1. The fraction of sp³-hybridized carbons (Fsp3) is 0.471. The number of imidazole rings is 1. The average molecular weight is 287 g/mol. The number of benzene rings is 1. The fourth-order valence-electron chi connectivity index (χ4n) is 2.77. The lowest BCUT2D eigenvalue weighted by Gasteiger charge is -2.18. The Morgan fingerprint density at radius 1 is 1.10 bits per heavy atom. The van der Waals surface area contributed by atoms with Crippen LogP contribution in [0.15, 0.2) is 35.4 Å². The Labute approximate surface area is 126 Å². The minimum absolute atomic E-state index is 0.0708. The van der Waals surface area contributed by atoms with Crippen molar-refractivity contribution in [2.24, 2.45) is 0 Å². The van der Waals surface area contributed by atoms with Crippen molar-refractivity contribution in [2.75, 3.05) is 7.05 Å². The molecule has 114 valence electrons. The molecule has 2 rings (SSSR count). The van der Waals surface area contributed by atoms with Gasteiger partial charge in [-0.25, -0.2) is 4.79 Å². The maximum atomic E-state index is 12.3. The molecule has 4 nitrogen and oxygen atoms in total. The Hall–Kier alpha value is -1.81. The van der Waals surface area contributed by atoms with Gasteiger partial charge in [-0.3, -0.25) is 9.13 Å². The van der Waals surface area contributed by atoms with E-state index in [2.05, 4.69) is 44.3 Å². The zero-order valence-corrected chi connectivity index (χ0v) is 13.4. The first-order chi connectivity index (χ1) is 10.0. The molecule has 1 unspecified atom stereocenters. The molecule has 0 aliphatic carbocycles. The highest BCUT2D eigenvalue weighted by Crippen LogP contribution is 2.18. The minimum atomic E-state index is 0.0708. The van der Waals surface area contributed by atoms with Gasteiger partial charge in [0, 0.05) is 25.5 Å². The van der Waals surface area contributed by atoms with Crippen molar-refractivity contribution in [2.45, 2.75) is 46.3 Å². The van der Waals surface area contributed by atoms with Gasteiger partial charge in [-0.2, -0.15) is 0 Å². The Bertz CT molecular complexity index is 634. The van der Waals surface area contributed by atoms with Crippen LogP contribution in [0.25, 0.3) is 0 Å². The minimum Gasteiger partial charge on any atom is -0.312 e. The van der Waals surface area contributed by atoms with Crippen LogP contribution in [0.1, 0.15) is 36.1 Å². The molecule has 0 fully saturated rings. The molecule has 1 aromatic heterocycles. The van der Waals surface area contributed by atoms with Gasteiger partial charge in [-0.15, -0.1) is 0 Å². The van der Waals surface area contributed by atoms with Gasteiger partial charge < -0.3 is 5.32 Å². The van der Waals surface area contributed by atoms with Gasteiger partial charge in [0.1, 0.15) is 0 Å². The van der Waals surface area contributed by atoms with Crippen LogP contribution in [0.2, 0.25) is 0 Å². The summed E-state index contributed by atoms with van der Waals surface area (Å²) < 4.78 is 3.56. The Balaban J connectivity index is 2.25. The van der Waals surface area contributed by atoms with Gasteiger partial charge in [-0.1, -0.05) is 36.2 Å². The summed E-state index contributed by atoms with van der Waals surface area (Å²) in [5.74, 6) is 0.